The van der Waals surface area contributed by atoms with Crippen LogP contribution in [0.3, 0.4) is 0 Å². The number of carbonyl (C=O) groups is 2. The summed E-state index contributed by atoms with van der Waals surface area (Å²) >= 11 is 0. The first kappa shape index (κ1) is 17.5. The number of fused-ring (bicyclic) bond motifs is 1. The van der Waals surface area contributed by atoms with Gasteiger partial charge in [0.05, 0.1) is 17.2 Å². The molecule has 0 radical (unpaired) electrons. The number of anilines is 1. The van der Waals surface area contributed by atoms with Gasteiger partial charge in [0.15, 0.2) is 0 Å². The minimum atomic E-state index is -0.645. The Labute approximate surface area is 147 Å². The number of nitrogens with one attached hydrogen (secondary N) is 2. The van der Waals surface area contributed by atoms with Gasteiger partial charge in [0.25, 0.3) is 5.91 Å². The predicted molar refractivity (Wildman–Crippen MR) is 99.5 cm³/mol. The standard InChI is InChI=1S/C19H26N4O2/c1-12(20)18(24)22-16-14-10-6-7-11-15(14)23(2)17(16)19(25)21-13-8-4-3-5-9-13/h6-7,10-13H,3-5,8-9,20H2,1-2H3,(H,21,25)(H,22,24). The Kier molecular flexibility index (Phi) is 5.08. The fourth-order valence-electron chi connectivity index (χ4n) is 3.52. The second kappa shape index (κ2) is 7.27. The van der Waals surface area contributed by atoms with Gasteiger partial charge in [-0.25, -0.2) is 0 Å². The average Bonchev–Trinajstić information content (AvgIpc) is 2.88. The van der Waals surface area contributed by atoms with Crippen molar-refractivity contribution >= 4 is 28.4 Å². The number of hydrogen-bond donors (Lipinski definition) is 3. The molecule has 1 aromatic carbocycles. The topological polar surface area (TPSA) is 89.2 Å². The molecule has 0 aliphatic heterocycles. The van der Waals surface area contributed by atoms with Crippen LogP contribution in [0.5, 0.6) is 0 Å². The van der Waals surface area contributed by atoms with Gasteiger partial charge in [0.1, 0.15) is 5.69 Å². The van der Waals surface area contributed by atoms with Crippen molar-refractivity contribution in [1.29, 1.82) is 0 Å². The molecule has 2 amide bonds. The summed E-state index contributed by atoms with van der Waals surface area (Å²) in [7, 11) is 1.85. The molecule has 1 unspecified atom stereocenters. The molecule has 134 valence electrons. The highest BCUT2D eigenvalue weighted by atomic mass is 16.2. The van der Waals surface area contributed by atoms with E-state index in [-0.39, 0.29) is 17.9 Å². The lowest BCUT2D eigenvalue weighted by molar-refractivity contribution is -0.117. The Hall–Kier alpha value is -2.34. The SMILES string of the molecule is CC(N)C(=O)Nc1c(C(=O)NC2CCCCC2)n(C)c2ccccc12. The van der Waals surface area contributed by atoms with Gasteiger partial charge in [0, 0.05) is 18.5 Å². The molecule has 6 nitrogen and oxygen atoms in total. The molecule has 4 N–H and O–H groups in total. The zero-order chi connectivity index (χ0) is 18.0. The summed E-state index contributed by atoms with van der Waals surface area (Å²) in [4.78, 5) is 25.1. The predicted octanol–water partition coefficient (Wildman–Crippen LogP) is 2.53. The molecular weight excluding hydrogens is 316 g/mol. The number of hydrogen-bond acceptors (Lipinski definition) is 3. The monoisotopic (exact) mass is 342 g/mol. The summed E-state index contributed by atoms with van der Waals surface area (Å²) in [5.74, 6) is -0.450. The molecule has 3 rings (SSSR count). The normalized spacial score (nSPS) is 16.6. The first-order chi connectivity index (χ1) is 12.0. The fraction of sp³-hybridized carbons (Fsp3) is 0.474. The van der Waals surface area contributed by atoms with E-state index in [1.807, 2.05) is 35.9 Å². The molecule has 1 aliphatic carbocycles. The lowest BCUT2D eigenvalue weighted by atomic mass is 9.95. The highest BCUT2D eigenvalue weighted by Crippen LogP contribution is 2.31. The molecule has 1 heterocycles. The summed E-state index contributed by atoms with van der Waals surface area (Å²) in [6.45, 7) is 1.63. The number of para-hydroxylation sites is 1. The minimum Gasteiger partial charge on any atom is -0.348 e. The highest BCUT2D eigenvalue weighted by molar-refractivity contribution is 6.13. The van der Waals surface area contributed by atoms with E-state index in [9.17, 15) is 9.59 Å². The number of nitrogens with two attached hydrogens (primary N) is 1. The molecule has 0 bridgehead atoms. The molecular formula is C19H26N4O2. The largest absolute Gasteiger partial charge is 0.348 e. The van der Waals surface area contributed by atoms with Crippen molar-refractivity contribution in [2.75, 3.05) is 5.32 Å². The lowest BCUT2D eigenvalue weighted by Crippen LogP contribution is -2.38. The summed E-state index contributed by atoms with van der Waals surface area (Å²) in [5.41, 5.74) is 7.60. The van der Waals surface area contributed by atoms with Crippen molar-refractivity contribution in [3.63, 3.8) is 0 Å². The summed E-state index contributed by atoms with van der Waals surface area (Å²) < 4.78 is 1.84. The second-order valence-corrected chi connectivity index (χ2v) is 6.89. The van der Waals surface area contributed by atoms with Crippen LogP contribution >= 0.6 is 0 Å². The number of nitrogens with zero attached hydrogens (tertiary/aromatic N) is 1. The second-order valence-electron chi connectivity index (χ2n) is 6.89. The van der Waals surface area contributed by atoms with E-state index in [1.165, 1.54) is 6.42 Å². The third-order valence-corrected chi connectivity index (χ3v) is 4.92. The van der Waals surface area contributed by atoms with E-state index in [1.54, 1.807) is 6.92 Å². The van der Waals surface area contributed by atoms with Gasteiger partial charge >= 0.3 is 0 Å². The molecule has 1 saturated carbocycles. The molecule has 25 heavy (non-hydrogen) atoms. The number of rotatable bonds is 4. The van der Waals surface area contributed by atoms with E-state index >= 15 is 0 Å². The molecule has 2 aromatic rings. The molecule has 1 aromatic heterocycles. The van der Waals surface area contributed by atoms with E-state index in [0.29, 0.717) is 11.4 Å². The maximum absolute atomic E-state index is 13.0. The van der Waals surface area contributed by atoms with Crippen LogP contribution in [-0.4, -0.2) is 28.5 Å². The maximum atomic E-state index is 13.0. The molecule has 0 saturated heterocycles. The van der Waals surface area contributed by atoms with Crippen LogP contribution in [0, 0.1) is 0 Å². The van der Waals surface area contributed by atoms with Crippen molar-refractivity contribution < 1.29 is 9.59 Å². The Bertz CT molecular complexity index is 788. The first-order valence-electron chi connectivity index (χ1n) is 8.93. The molecule has 1 atom stereocenters. The van der Waals surface area contributed by atoms with E-state index in [4.69, 9.17) is 5.73 Å². The van der Waals surface area contributed by atoms with Crippen LogP contribution in [0.15, 0.2) is 24.3 Å². The van der Waals surface area contributed by atoms with E-state index in [0.717, 1.165) is 36.6 Å². The van der Waals surface area contributed by atoms with Crippen LogP contribution in [0.1, 0.15) is 49.5 Å². The van der Waals surface area contributed by atoms with Crippen molar-refractivity contribution in [3.8, 4) is 0 Å². The third kappa shape index (κ3) is 3.54. The van der Waals surface area contributed by atoms with Gasteiger partial charge in [-0.2, -0.15) is 0 Å². The van der Waals surface area contributed by atoms with Crippen molar-refractivity contribution in [1.82, 2.24) is 9.88 Å². The van der Waals surface area contributed by atoms with Crippen LogP contribution in [0.2, 0.25) is 0 Å². The van der Waals surface area contributed by atoms with Crippen LogP contribution < -0.4 is 16.4 Å². The van der Waals surface area contributed by atoms with Gasteiger partial charge in [-0.3, -0.25) is 9.59 Å². The molecule has 0 spiro atoms. The van der Waals surface area contributed by atoms with Crippen LogP contribution in [-0.2, 0) is 11.8 Å². The Morgan fingerprint density at radius 3 is 2.56 bits per heavy atom. The smallest absolute Gasteiger partial charge is 0.270 e. The van der Waals surface area contributed by atoms with Gasteiger partial charge in [-0.15, -0.1) is 0 Å². The number of amides is 2. The lowest BCUT2D eigenvalue weighted by Gasteiger charge is -2.23. The zero-order valence-electron chi connectivity index (χ0n) is 14.8. The summed E-state index contributed by atoms with van der Waals surface area (Å²) in [6, 6.07) is 7.22. The molecule has 1 aliphatic rings. The average molecular weight is 342 g/mol. The van der Waals surface area contributed by atoms with Crippen molar-refractivity contribution in [3.05, 3.63) is 30.0 Å². The van der Waals surface area contributed by atoms with Crippen LogP contribution in [0.4, 0.5) is 5.69 Å². The Balaban J connectivity index is 1.98. The number of aryl methyl sites for hydroxylation is 1. The molecule has 6 heteroatoms. The minimum absolute atomic E-state index is 0.148. The number of carbonyl (C=O) groups excluding carboxylic acids is 2. The van der Waals surface area contributed by atoms with Crippen LogP contribution in [0.25, 0.3) is 10.9 Å². The quantitative estimate of drug-likeness (QED) is 0.797. The van der Waals surface area contributed by atoms with Gasteiger partial charge in [-0.05, 0) is 25.8 Å². The van der Waals surface area contributed by atoms with Gasteiger partial charge in [0.2, 0.25) is 5.91 Å². The molecule has 1 fully saturated rings. The van der Waals surface area contributed by atoms with Gasteiger partial charge < -0.3 is 20.9 Å². The summed E-state index contributed by atoms with van der Waals surface area (Å²) in [6.07, 6.45) is 5.55. The van der Waals surface area contributed by atoms with E-state index < -0.39 is 6.04 Å². The Morgan fingerprint density at radius 2 is 1.88 bits per heavy atom. The number of benzene rings is 1. The van der Waals surface area contributed by atoms with Gasteiger partial charge in [-0.1, -0.05) is 37.5 Å². The van der Waals surface area contributed by atoms with Crippen molar-refractivity contribution in [2.45, 2.75) is 51.1 Å². The Morgan fingerprint density at radius 1 is 1.20 bits per heavy atom. The van der Waals surface area contributed by atoms with E-state index in [2.05, 4.69) is 10.6 Å². The number of aromatic nitrogens is 1. The summed E-state index contributed by atoms with van der Waals surface area (Å²) in [5, 5.41) is 6.82. The third-order valence-electron chi connectivity index (χ3n) is 4.92. The first-order valence-corrected chi connectivity index (χ1v) is 8.93. The fourth-order valence-corrected chi connectivity index (χ4v) is 3.52. The highest BCUT2D eigenvalue weighted by Gasteiger charge is 2.25. The van der Waals surface area contributed by atoms with Crippen molar-refractivity contribution in [2.24, 2.45) is 12.8 Å². The maximum Gasteiger partial charge on any atom is 0.270 e. The zero-order valence-corrected chi connectivity index (χ0v) is 14.8.